The Kier molecular flexibility index (Phi) is 4.04. The number of benzene rings is 2. The lowest BCUT2D eigenvalue weighted by molar-refractivity contribution is -0.137. The summed E-state index contributed by atoms with van der Waals surface area (Å²) in [5, 5.41) is 0.844. The molecule has 0 amide bonds. The van der Waals surface area contributed by atoms with Gasteiger partial charge in [-0.3, -0.25) is 0 Å². The average molecular weight is 294 g/mol. The van der Waals surface area contributed by atoms with Gasteiger partial charge in [0, 0.05) is 0 Å². The van der Waals surface area contributed by atoms with Gasteiger partial charge < -0.3 is 0 Å². The molecule has 0 atom stereocenters. The summed E-state index contributed by atoms with van der Waals surface area (Å²) in [5.41, 5.74) is 0.630. The van der Waals surface area contributed by atoms with E-state index in [9.17, 15) is 13.2 Å². The van der Waals surface area contributed by atoms with Crippen molar-refractivity contribution in [2.24, 2.45) is 0 Å². The fraction of sp³-hybridized carbons (Fsp3) is 0.250. The second-order valence-corrected chi connectivity index (χ2v) is 10.3. The molecule has 0 aliphatic rings. The molecule has 0 aromatic heterocycles. The lowest BCUT2D eigenvalue weighted by atomic mass is 10.2. The number of hydrogen-bond donors (Lipinski definition) is 0. The maximum absolute atomic E-state index is 12.8. The number of rotatable bonds is 3. The van der Waals surface area contributed by atoms with Gasteiger partial charge in [0.1, 0.15) is 0 Å². The van der Waals surface area contributed by atoms with Crippen LogP contribution in [0.3, 0.4) is 0 Å². The number of halogens is 3. The van der Waals surface area contributed by atoms with Crippen LogP contribution in [0.25, 0.3) is 0 Å². The molecule has 0 aliphatic heterocycles. The van der Waals surface area contributed by atoms with E-state index in [-0.39, 0.29) is 0 Å². The molecule has 0 spiro atoms. The highest BCUT2D eigenvalue weighted by Crippen LogP contribution is 2.28. The number of hydrogen-bond acceptors (Lipinski definition) is 0. The molecule has 0 aliphatic carbocycles. The standard InChI is InChI=1S/C16H17F3Si/c1-20(2,12-13-7-4-3-5-8-13)15-10-6-9-14(11-15)16(17,18)19/h3-11H,12H2,1-2H3. The minimum atomic E-state index is -4.27. The van der Waals surface area contributed by atoms with Gasteiger partial charge in [0.05, 0.1) is 13.6 Å². The smallest absolute Gasteiger partial charge is 0.166 e. The maximum atomic E-state index is 12.8. The van der Waals surface area contributed by atoms with Crippen LogP contribution < -0.4 is 5.19 Å². The molecule has 0 saturated carbocycles. The fourth-order valence-corrected chi connectivity index (χ4v) is 4.88. The van der Waals surface area contributed by atoms with Crippen molar-refractivity contribution in [2.75, 3.05) is 0 Å². The first-order valence-corrected chi connectivity index (χ1v) is 9.71. The Hall–Kier alpha value is -1.55. The second-order valence-electron chi connectivity index (χ2n) is 5.62. The summed E-state index contributed by atoms with van der Waals surface area (Å²) in [6, 6.07) is 16.6. The molecule has 0 bridgehead atoms. The Balaban J connectivity index is 2.30. The lowest BCUT2D eigenvalue weighted by Gasteiger charge is -2.24. The van der Waals surface area contributed by atoms with Crippen molar-refractivity contribution in [3.8, 4) is 0 Å². The van der Waals surface area contributed by atoms with E-state index >= 15 is 0 Å². The molecule has 0 N–H and O–H groups in total. The van der Waals surface area contributed by atoms with Crippen LogP contribution in [-0.4, -0.2) is 8.07 Å². The third-order valence-electron chi connectivity index (χ3n) is 3.46. The van der Waals surface area contributed by atoms with Gasteiger partial charge in [-0.2, -0.15) is 13.2 Å². The third kappa shape index (κ3) is 3.51. The molecule has 4 heteroatoms. The number of alkyl halides is 3. The van der Waals surface area contributed by atoms with E-state index in [1.165, 1.54) is 17.7 Å². The summed E-state index contributed by atoms with van der Waals surface area (Å²) in [4.78, 5) is 0. The summed E-state index contributed by atoms with van der Waals surface area (Å²) >= 11 is 0. The molecule has 2 aromatic carbocycles. The first-order chi connectivity index (χ1) is 9.29. The predicted molar refractivity (Wildman–Crippen MR) is 78.7 cm³/mol. The Morgan fingerprint density at radius 2 is 1.55 bits per heavy atom. The van der Waals surface area contributed by atoms with E-state index in [0.29, 0.717) is 0 Å². The summed E-state index contributed by atoms with van der Waals surface area (Å²) in [6.45, 7) is 4.21. The maximum Gasteiger partial charge on any atom is 0.416 e. The first-order valence-electron chi connectivity index (χ1n) is 6.51. The molecule has 0 radical (unpaired) electrons. The molecular formula is C16H17F3Si. The quantitative estimate of drug-likeness (QED) is 0.736. The normalized spacial score (nSPS) is 12.4. The van der Waals surface area contributed by atoms with Gasteiger partial charge in [-0.05, 0) is 6.04 Å². The fourth-order valence-electron chi connectivity index (χ4n) is 2.32. The molecule has 2 rings (SSSR count). The summed E-state index contributed by atoms with van der Waals surface area (Å²) in [6.07, 6.45) is -4.27. The van der Waals surface area contributed by atoms with Gasteiger partial charge in [0.15, 0.2) is 0 Å². The molecule has 0 fully saturated rings. The van der Waals surface area contributed by atoms with E-state index in [1.807, 2.05) is 36.4 Å². The Morgan fingerprint density at radius 1 is 0.900 bits per heavy atom. The zero-order valence-corrected chi connectivity index (χ0v) is 12.5. The zero-order valence-electron chi connectivity index (χ0n) is 11.5. The summed E-state index contributed by atoms with van der Waals surface area (Å²) < 4.78 is 38.4. The first kappa shape index (κ1) is 14.8. The molecule has 0 heterocycles. The topological polar surface area (TPSA) is 0 Å². The molecule has 0 nitrogen and oxygen atoms in total. The molecule has 106 valence electrons. The van der Waals surface area contributed by atoms with Crippen LogP contribution in [-0.2, 0) is 12.2 Å². The van der Waals surface area contributed by atoms with Crippen molar-refractivity contribution in [3.05, 3.63) is 65.7 Å². The molecular weight excluding hydrogens is 277 g/mol. The molecule has 2 aromatic rings. The van der Waals surface area contributed by atoms with E-state index in [0.717, 1.165) is 17.3 Å². The van der Waals surface area contributed by atoms with Crippen molar-refractivity contribution in [1.29, 1.82) is 0 Å². The van der Waals surface area contributed by atoms with Gasteiger partial charge in [-0.1, -0.05) is 78.4 Å². The van der Waals surface area contributed by atoms with Crippen LogP contribution in [0.2, 0.25) is 13.1 Å². The van der Waals surface area contributed by atoms with Gasteiger partial charge in [0.25, 0.3) is 0 Å². The van der Waals surface area contributed by atoms with Crippen LogP contribution in [0.5, 0.6) is 0 Å². The van der Waals surface area contributed by atoms with Crippen molar-refractivity contribution in [3.63, 3.8) is 0 Å². The third-order valence-corrected chi connectivity index (χ3v) is 6.63. The average Bonchev–Trinajstić information content (AvgIpc) is 2.38. The predicted octanol–water partition coefficient (Wildman–Crippen LogP) is 4.40. The monoisotopic (exact) mass is 294 g/mol. The highest BCUT2D eigenvalue weighted by Gasteiger charge is 2.32. The highest BCUT2D eigenvalue weighted by atomic mass is 28.3. The lowest BCUT2D eigenvalue weighted by Crippen LogP contribution is -2.44. The van der Waals surface area contributed by atoms with E-state index in [4.69, 9.17) is 0 Å². The van der Waals surface area contributed by atoms with Gasteiger partial charge in [-0.15, -0.1) is 0 Å². The highest BCUT2D eigenvalue weighted by molar-refractivity contribution is 6.89. The van der Waals surface area contributed by atoms with Crippen LogP contribution in [0.4, 0.5) is 13.2 Å². The summed E-state index contributed by atoms with van der Waals surface area (Å²) in [7, 11) is -1.93. The van der Waals surface area contributed by atoms with Crippen LogP contribution in [0, 0.1) is 0 Å². The minimum absolute atomic E-state index is 0.552. The van der Waals surface area contributed by atoms with Crippen molar-refractivity contribution >= 4 is 13.3 Å². The van der Waals surface area contributed by atoms with Gasteiger partial charge in [-0.25, -0.2) is 0 Å². The molecule has 20 heavy (non-hydrogen) atoms. The largest absolute Gasteiger partial charge is 0.416 e. The van der Waals surface area contributed by atoms with Crippen LogP contribution >= 0.6 is 0 Å². The van der Waals surface area contributed by atoms with Crippen molar-refractivity contribution < 1.29 is 13.2 Å². The SMILES string of the molecule is C[Si](C)(Cc1ccccc1)c1cccc(C(F)(F)F)c1. The van der Waals surface area contributed by atoms with E-state index < -0.39 is 19.8 Å². The van der Waals surface area contributed by atoms with Crippen LogP contribution in [0.15, 0.2) is 54.6 Å². The van der Waals surface area contributed by atoms with Crippen molar-refractivity contribution in [2.45, 2.75) is 25.3 Å². The minimum Gasteiger partial charge on any atom is -0.166 e. The van der Waals surface area contributed by atoms with Gasteiger partial charge >= 0.3 is 6.18 Å². The molecule has 0 saturated heterocycles. The summed E-state index contributed by atoms with van der Waals surface area (Å²) in [5.74, 6) is 0. The Labute approximate surface area is 118 Å². The van der Waals surface area contributed by atoms with Crippen LogP contribution in [0.1, 0.15) is 11.1 Å². The van der Waals surface area contributed by atoms with Crippen molar-refractivity contribution in [1.82, 2.24) is 0 Å². The second kappa shape index (κ2) is 5.44. The van der Waals surface area contributed by atoms with Gasteiger partial charge in [0.2, 0.25) is 0 Å². The Bertz CT molecular complexity index is 574. The Morgan fingerprint density at radius 3 is 2.15 bits per heavy atom. The molecule has 0 unspecified atom stereocenters. The van der Waals surface area contributed by atoms with E-state index in [1.54, 1.807) is 0 Å². The van der Waals surface area contributed by atoms with E-state index in [2.05, 4.69) is 13.1 Å². The zero-order chi connectivity index (χ0) is 14.8.